The van der Waals surface area contributed by atoms with Gasteiger partial charge in [0.2, 0.25) is 0 Å². The van der Waals surface area contributed by atoms with Crippen molar-refractivity contribution < 1.29 is 14.2 Å². The monoisotopic (exact) mass is 391 g/mol. The van der Waals surface area contributed by atoms with Gasteiger partial charge in [-0.05, 0) is 31.2 Å². The van der Waals surface area contributed by atoms with Crippen LogP contribution in [-0.4, -0.2) is 77.7 Å². The van der Waals surface area contributed by atoms with Gasteiger partial charge in [0.25, 0.3) is 0 Å². The lowest BCUT2D eigenvalue weighted by Crippen LogP contribution is -2.40. The Morgan fingerprint density at radius 3 is 2.75 bits per heavy atom. The summed E-state index contributed by atoms with van der Waals surface area (Å²) in [5.41, 5.74) is 1.33. The normalized spacial score (nSPS) is 17.3. The summed E-state index contributed by atoms with van der Waals surface area (Å²) in [6.45, 7) is 6.73. The maximum absolute atomic E-state index is 5.75. The van der Waals surface area contributed by atoms with Gasteiger partial charge in [0, 0.05) is 46.3 Å². The molecule has 0 bridgehead atoms. The summed E-state index contributed by atoms with van der Waals surface area (Å²) in [6.07, 6.45) is 4.29. The van der Waals surface area contributed by atoms with Crippen LogP contribution in [0, 0.1) is 5.92 Å². The summed E-state index contributed by atoms with van der Waals surface area (Å²) in [6, 6.07) is 10.5. The number of rotatable bonds is 13. The second-order valence-electron chi connectivity index (χ2n) is 7.20. The molecule has 1 unspecified atom stereocenters. The van der Waals surface area contributed by atoms with E-state index in [4.69, 9.17) is 14.2 Å². The fourth-order valence-corrected chi connectivity index (χ4v) is 3.35. The molecular weight excluding hydrogens is 354 g/mol. The molecule has 1 aromatic rings. The first kappa shape index (κ1) is 22.7. The Hall–Kier alpha value is -1.63. The number of nitrogens with zero attached hydrogens (tertiary/aromatic N) is 2. The van der Waals surface area contributed by atoms with Crippen molar-refractivity contribution in [3.05, 3.63) is 35.9 Å². The van der Waals surface area contributed by atoms with Crippen molar-refractivity contribution in [3.63, 3.8) is 0 Å². The molecule has 1 aromatic carbocycles. The smallest absolute Gasteiger partial charge is 0.193 e. The maximum Gasteiger partial charge on any atom is 0.193 e. The van der Waals surface area contributed by atoms with Gasteiger partial charge in [-0.2, -0.15) is 0 Å². The highest BCUT2D eigenvalue weighted by Crippen LogP contribution is 2.16. The van der Waals surface area contributed by atoms with Gasteiger partial charge in [-0.25, -0.2) is 0 Å². The number of ether oxygens (including phenoxy) is 3. The zero-order chi connectivity index (χ0) is 19.9. The Balaban J connectivity index is 1.48. The quantitative estimate of drug-likeness (QED) is 0.318. The predicted molar refractivity (Wildman–Crippen MR) is 114 cm³/mol. The summed E-state index contributed by atoms with van der Waals surface area (Å²) in [5.74, 6) is 1.58. The Morgan fingerprint density at radius 2 is 1.96 bits per heavy atom. The van der Waals surface area contributed by atoms with Crippen molar-refractivity contribution in [1.82, 2.24) is 10.2 Å². The molecule has 1 fully saturated rings. The van der Waals surface area contributed by atoms with Crippen molar-refractivity contribution in [2.75, 3.05) is 66.8 Å². The van der Waals surface area contributed by atoms with E-state index in [0.717, 1.165) is 71.1 Å². The molecule has 0 spiro atoms. The molecule has 0 radical (unpaired) electrons. The van der Waals surface area contributed by atoms with Crippen LogP contribution in [-0.2, 0) is 20.6 Å². The van der Waals surface area contributed by atoms with E-state index in [1.165, 1.54) is 5.56 Å². The molecule has 6 heteroatoms. The van der Waals surface area contributed by atoms with Gasteiger partial charge in [0.05, 0.1) is 26.4 Å². The molecule has 28 heavy (non-hydrogen) atoms. The van der Waals surface area contributed by atoms with Crippen LogP contribution >= 0.6 is 0 Å². The van der Waals surface area contributed by atoms with Gasteiger partial charge in [0.15, 0.2) is 5.96 Å². The fourth-order valence-electron chi connectivity index (χ4n) is 3.35. The van der Waals surface area contributed by atoms with E-state index >= 15 is 0 Å². The number of hydrogen-bond acceptors (Lipinski definition) is 4. The Bertz CT molecular complexity index is 539. The minimum Gasteiger partial charge on any atom is -0.382 e. The summed E-state index contributed by atoms with van der Waals surface area (Å²) >= 11 is 0. The highest BCUT2D eigenvalue weighted by molar-refractivity contribution is 5.80. The average Bonchev–Trinajstić information content (AvgIpc) is 3.19. The molecule has 2 rings (SSSR count). The van der Waals surface area contributed by atoms with Gasteiger partial charge in [-0.3, -0.25) is 4.99 Å². The van der Waals surface area contributed by atoms with Gasteiger partial charge in [-0.1, -0.05) is 30.3 Å². The minimum absolute atomic E-state index is 0.577. The van der Waals surface area contributed by atoms with E-state index in [1.54, 1.807) is 7.11 Å². The Morgan fingerprint density at radius 1 is 1.11 bits per heavy atom. The third-order valence-corrected chi connectivity index (χ3v) is 4.96. The van der Waals surface area contributed by atoms with Gasteiger partial charge >= 0.3 is 0 Å². The van der Waals surface area contributed by atoms with Crippen LogP contribution in [0.1, 0.15) is 24.8 Å². The van der Waals surface area contributed by atoms with Gasteiger partial charge < -0.3 is 24.4 Å². The molecule has 1 aliphatic rings. The highest BCUT2D eigenvalue weighted by Gasteiger charge is 2.24. The molecule has 1 N–H and O–H groups in total. The Kier molecular flexibility index (Phi) is 11.6. The third kappa shape index (κ3) is 9.04. The molecule has 158 valence electrons. The first-order valence-electron chi connectivity index (χ1n) is 10.5. The molecule has 0 aromatic heterocycles. The van der Waals surface area contributed by atoms with E-state index in [9.17, 15) is 0 Å². The van der Waals surface area contributed by atoms with Crippen molar-refractivity contribution in [2.45, 2.75) is 25.7 Å². The zero-order valence-corrected chi connectivity index (χ0v) is 17.6. The van der Waals surface area contributed by atoms with Gasteiger partial charge in [0.1, 0.15) is 0 Å². The van der Waals surface area contributed by atoms with Crippen LogP contribution in [0.4, 0.5) is 0 Å². The van der Waals surface area contributed by atoms with E-state index in [2.05, 4.69) is 39.5 Å². The number of unbranched alkanes of at least 4 members (excludes halogenated alkanes) is 1. The lowest BCUT2D eigenvalue weighted by Gasteiger charge is -2.21. The molecule has 0 saturated carbocycles. The zero-order valence-electron chi connectivity index (χ0n) is 17.6. The van der Waals surface area contributed by atoms with Crippen LogP contribution in [0.15, 0.2) is 35.3 Å². The number of likely N-dealkylation sites (tertiary alicyclic amines) is 1. The highest BCUT2D eigenvalue weighted by atomic mass is 16.5. The number of benzene rings is 1. The third-order valence-electron chi connectivity index (χ3n) is 4.96. The first-order valence-corrected chi connectivity index (χ1v) is 10.5. The molecule has 1 aliphatic heterocycles. The van der Waals surface area contributed by atoms with Crippen molar-refractivity contribution in [2.24, 2.45) is 10.9 Å². The van der Waals surface area contributed by atoms with E-state index in [0.29, 0.717) is 19.1 Å². The number of methoxy groups -OCH3 is 1. The molecular formula is C22H37N3O3. The van der Waals surface area contributed by atoms with Crippen molar-refractivity contribution in [3.8, 4) is 0 Å². The maximum atomic E-state index is 5.75. The van der Waals surface area contributed by atoms with Gasteiger partial charge in [-0.15, -0.1) is 0 Å². The van der Waals surface area contributed by atoms with E-state index in [-0.39, 0.29) is 0 Å². The molecule has 6 nitrogen and oxygen atoms in total. The fraction of sp³-hybridized carbons (Fsp3) is 0.682. The standard InChI is InChI=1S/C22H37N3O3/c1-23-22(25-13-10-21(18-25)19-28-17-16-26-2)24-12-6-7-14-27-15-11-20-8-4-3-5-9-20/h3-5,8-9,21H,6-7,10-19H2,1-2H3,(H,23,24). The Labute approximate surface area is 170 Å². The molecule has 1 saturated heterocycles. The van der Waals surface area contributed by atoms with Crippen LogP contribution in [0.5, 0.6) is 0 Å². The predicted octanol–water partition coefficient (Wildman–Crippen LogP) is 2.59. The summed E-state index contributed by atoms with van der Waals surface area (Å²) < 4.78 is 16.4. The summed E-state index contributed by atoms with van der Waals surface area (Å²) in [4.78, 5) is 6.77. The number of hydrogen-bond donors (Lipinski definition) is 1. The minimum atomic E-state index is 0.577. The molecule has 1 heterocycles. The first-order chi connectivity index (χ1) is 13.8. The molecule has 0 amide bonds. The second-order valence-corrected chi connectivity index (χ2v) is 7.20. The van der Waals surface area contributed by atoms with Crippen molar-refractivity contribution >= 4 is 5.96 Å². The molecule has 1 atom stereocenters. The molecule has 0 aliphatic carbocycles. The van der Waals surface area contributed by atoms with Crippen molar-refractivity contribution in [1.29, 1.82) is 0 Å². The topological polar surface area (TPSA) is 55.3 Å². The summed E-state index contributed by atoms with van der Waals surface area (Å²) in [5, 5.41) is 3.48. The van der Waals surface area contributed by atoms with Crippen LogP contribution < -0.4 is 5.32 Å². The lowest BCUT2D eigenvalue weighted by molar-refractivity contribution is 0.0536. The van der Waals surface area contributed by atoms with Crippen LogP contribution in [0.2, 0.25) is 0 Å². The SMILES string of the molecule is CN=C(NCCCCOCCc1ccccc1)N1CCC(COCCOC)C1. The second kappa shape index (κ2) is 14.4. The van der Waals surface area contributed by atoms with Crippen LogP contribution in [0.25, 0.3) is 0 Å². The number of guanidine groups is 1. The largest absolute Gasteiger partial charge is 0.382 e. The van der Waals surface area contributed by atoms with E-state index in [1.807, 2.05) is 13.1 Å². The van der Waals surface area contributed by atoms with E-state index < -0.39 is 0 Å². The number of nitrogens with one attached hydrogen (secondary N) is 1. The summed E-state index contributed by atoms with van der Waals surface area (Å²) in [7, 11) is 3.56. The average molecular weight is 392 g/mol. The lowest BCUT2D eigenvalue weighted by atomic mass is 10.1. The number of aliphatic imine (C=N–C) groups is 1. The van der Waals surface area contributed by atoms with Crippen LogP contribution in [0.3, 0.4) is 0 Å².